The highest BCUT2D eigenvalue weighted by molar-refractivity contribution is 5.28. The lowest BCUT2D eigenvalue weighted by molar-refractivity contribution is 0.197. The van der Waals surface area contributed by atoms with Crippen molar-refractivity contribution in [3.05, 3.63) is 29.8 Å². The van der Waals surface area contributed by atoms with Crippen molar-refractivity contribution in [2.45, 2.75) is 19.8 Å². The minimum atomic E-state index is 0.569. The fourth-order valence-electron chi connectivity index (χ4n) is 1.49. The van der Waals surface area contributed by atoms with Crippen molar-refractivity contribution < 1.29 is 9.47 Å². The van der Waals surface area contributed by atoms with Crippen LogP contribution in [-0.4, -0.2) is 33.4 Å². The first-order valence-electron chi connectivity index (χ1n) is 6.16. The van der Waals surface area contributed by atoms with Crippen LogP contribution < -0.4 is 10.1 Å². The van der Waals surface area contributed by atoms with Crippen molar-refractivity contribution in [3.63, 3.8) is 0 Å². The Labute approximate surface area is 104 Å². The molecule has 0 amide bonds. The Morgan fingerprint density at radius 2 is 1.71 bits per heavy atom. The number of hydrogen-bond donors (Lipinski definition) is 1. The third-order valence-electron chi connectivity index (χ3n) is 2.58. The molecule has 0 fully saturated rings. The molecule has 1 aromatic rings. The molecule has 3 heteroatoms. The minimum Gasteiger partial charge on any atom is -0.492 e. The molecule has 3 nitrogen and oxygen atoms in total. The maximum absolute atomic E-state index is 5.62. The van der Waals surface area contributed by atoms with Crippen LogP contribution in [0.4, 0.5) is 0 Å². The van der Waals surface area contributed by atoms with Gasteiger partial charge in [-0.3, -0.25) is 0 Å². The van der Waals surface area contributed by atoms with Gasteiger partial charge in [-0.05, 0) is 23.6 Å². The van der Waals surface area contributed by atoms with Gasteiger partial charge in [0.25, 0.3) is 0 Å². The monoisotopic (exact) mass is 237 g/mol. The Kier molecular flexibility index (Phi) is 6.67. The average Bonchev–Trinajstić information content (AvgIpc) is 2.34. The highest BCUT2D eigenvalue weighted by atomic mass is 16.5. The van der Waals surface area contributed by atoms with E-state index in [0.717, 1.165) is 25.4 Å². The van der Waals surface area contributed by atoms with Crippen molar-refractivity contribution >= 4 is 0 Å². The molecule has 0 saturated heterocycles. The molecule has 0 unspecified atom stereocenters. The Hall–Kier alpha value is -1.06. The van der Waals surface area contributed by atoms with Crippen LogP contribution in [0.15, 0.2) is 24.3 Å². The highest BCUT2D eigenvalue weighted by Gasteiger charge is 1.99. The summed E-state index contributed by atoms with van der Waals surface area (Å²) in [6, 6.07) is 8.31. The fraction of sp³-hybridized carbons (Fsp3) is 0.571. The summed E-state index contributed by atoms with van der Waals surface area (Å²) in [6.07, 6.45) is 0. The lowest BCUT2D eigenvalue weighted by Crippen LogP contribution is -2.24. The molecular formula is C14H23NO2. The molecule has 1 rings (SSSR count). The molecule has 0 radical (unpaired) electrons. The molecule has 0 aliphatic rings. The van der Waals surface area contributed by atoms with Gasteiger partial charge in [0.2, 0.25) is 0 Å². The number of benzene rings is 1. The minimum absolute atomic E-state index is 0.569. The molecule has 0 atom stereocenters. The van der Waals surface area contributed by atoms with Crippen LogP contribution in [0.2, 0.25) is 0 Å². The van der Waals surface area contributed by atoms with Crippen LogP contribution >= 0.6 is 0 Å². The zero-order valence-corrected chi connectivity index (χ0v) is 11.0. The molecule has 96 valence electrons. The van der Waals surface area contributed by atoms with Gasteiger partial charge in [-0.2, -0.15) is 0 Å². The van der Waals surface area contributed by atoms with Crippen LogP contribution in [0.25, 0.3) is 0 Å². The zero-order chi connectivity index (χ0) is 12.5. The number of rotatable bonds is 8. The van der Waals surface area contributed by atoms with Gasteiger partial charge in [0, 0.05) is 20.2 Å². The summed E-state index contributed by atoms with van der Waals surface area (Å²) in [5, 5.41) is 3.24. The van der Waals surface area contributed by atoms with Gasteiger partial charge in [-0.25, -0.2) is 0 Å². The molecule has 0 heterocycles. The van der Waals surface area contributed by atoms with E-state index in [9.17, 15) is 0 Å². The average molecular weight is 237 g/mol. The van der Waals surface area contributed by atoms with E-state index in [-0.39, 0.29) is 0 Å². The van der Waals surface area contributed by atoms with Gasteiger partial charge in [-0.1, -0.05) is 26.0 Å². The first kappa shape index (κ1) is 14.0. The Bertz CT molecular complexity index is 296. The molecule has 1 N–H and O–H groups in total. The third kappa shape index (κ3) is 5.71. The Morgan fingerprint density at radius 1 is 1.06 bits per heavy atom. The van der Waals surface area contributed by atoms with Crippen LogP contribution in [0.5, 0.6) is 5.75 Å². The van der Waals surface area contributed by atoms with Crippen LogP contribution in [-0.2, 0) is 4.74 Å². The lowest BCUT2D eigenvalue weighted by Gasteiger charge is -2.09. The van der Waals surface area contributed by atoms with E-state index in [2.05, 4.69) is 31.3 Å². The highest BCUT2D eigenvalue weighted by Crippen LogP contribution is 2.18. The SMILES string of the molecule is COCCNCCOc1ccc(C(C)C)cc1. The molecule has 17 heavy (non-hydrogen) atoms. The third-order valence-corrected chi connectivity index (χ3v) is 2.58. The maximum atomic E-state index is 5.62. The van der Waals surface area contributed by atoms with E-state index in [4.69, 9.17) is 9.47 Å². The molecule has 1 aromatic carbocycles. The molecule has 0 aliphatic heterocycles. The lowest BCUT2D eigenvalue weighted by atomic mass is 10.0. The van der Waals surface area contributed by atoms with Crippen LogP contribution in [0, 0.1) is 0 Å². The summed E-state index contributed by atoms with van der Waals surface area (Å²) >= 11 is 0. The smallest absolute Gasteiger partial charge is 0.119 e. The topological polar surface area (TPSA) is 30.5 Å². The van der Waals surface area contributed by atoms with Crippen molar-refractivity contribution in [2.24, 2.45) is 0 Å². The summed E-state index contributed by atoms with van der Waals surface area (Å²) < 4.78 is 10.6. The normalized spacial score (nSPS) is 10.8. The quantitative estimate of drug-likeness (QED) is 0.704. The number of hydrogen-bond acceptors (Lipinski definition) is 3. The second kappa shape index (κ2) is 8.09. The number of ether oxygens (including phenoxy) is 2. The predicted molar refractivity (Wildman–Crippen MR) is 70.8 cm³/mol. The molecule has 0 aromatic heterocycles. The summed E-state index contributed by atoms with van der Waals surface area (Å²) in [5.74, 6) is 1.50. The second-order valence-corrected chi connectivity index (χ2v) is 4.31. The van der Waals surface area contributed by atoms with Gasteiger partial charge >= 0.3 is 0 Å². The Morgan fingerprint density at radius 3 is 2.29 bits per heavy atom. The van der Waals surface area contributed by atoms with Crippen molar-refractivity contribution in [3.8, 4) is 5.75 Å². The van der Waals surface area contributed by atoms with Crippen LogP contribution in [0.3, 0.4) is 0 Å². The maximum Gasteiger partial charge on any atom is 0.119 e. The van der Waals surface area contributed by atoms with Gasteiger partial charge in [-0.15, -0.1) is 0 Å². The van der Waals surface area contributed by atoms with E-state index in [1.807, 2.05) is 12.1 Å². The number of nitrogens with one attached hydrogen (secondary N) is 1. The van der Waals surface area contributed by atoms with Gasteiger partial charge in [0.15, 0.2) is 0 Å². The van der Waals surface area contributed by atoms with E-state index >= 15 is 0 Å². The second-order valence-electron chi connectivity index (χ2n) is 4.31. The van der Waals surface area contributed by atoms with E-state index in [1.165, 1.54) is 5.56 Å². The van der Waals surface area contributed by atoms with Gasteiger partial charge < -0.3 is 14.8 Å². The first-order valence-corrected chi connectivity index (χ1v) is 6.16. The van der Waals surface area contributed by atoms with Gasteiger partial charge in [0.05, 0.1) is 6.61 Å². The summed E-state index contributed by atoms with van der Waals surface area (Å²) in [4.78, 5) is 0. The van der Waals surface area contributed by atoms with E-state index in [0.29, 0.717) is 12.5 Å². The Balaban J connectivity index is 2.19. The number of methoxy groups -OCH3 is 1. The van der Waals surface area contributed by atoms with Crippen molar-refractivity contribution in [2.75, 3.05) is 33.4 Å². The summed E-state index contributed by atoms with van der Waals surface area (Å²) in [5.41, 5.74) is 1.34. The van der Waals surface area contributed by atoms with Crippen molar-refractivity contribution in [1.29, 1.82) is 0 Å². The molecule has 0 saturated carbocycles. The fourth-order valence-corrected chi connectivity index (χ4v) is 1.49. The largest absolute Gasteiger partial charge is 0.492 e. The molecule has 0 bridgehead atoms. The molecule has 0 spiro atoms. The molecular weight excluding hydrogens is 214 g/mol. The zero-order valence-electron chi connectivity index (χ0n) is 11.0. The van der Waals surface area contributed by atoms with Gasteiger partial charge in [0.1, 0.15) is 12.4 Å². The van der Waals surface area contributed by atoms with Crippen molar-refractivity contribution in [1.82, 2.24) is 5.32 Å². The summed E-state index contributed by atoms with van der Waals surface area (Å²) in [7, 11) is 1.70. The summed E-state index contributed by atoms with van der Waals surface area (Å²) in [6.45, 7) is 7.51. The predicted octanol–water partition coefficient (Wildman–Crippen LogP) is 2.42. The van der Waals surface area contributed by atoms with E-state index in [1.54, 1.807) is 7.11 Å². The first-order chi connectivity index (χ1) is 8.24. The standard InChI is InChI=1S/C14H23NO2/c1-12(2)13-4-6-14(7-5-13)17-11-9-15-8-10-16-3/h4-7,12,15H,8-11H2,1-3H3. The van der Waals surface area contributed by atoms with Crippen LogP contribution in [0.1, 0.15) is 25.3 Å². The van der Waals surface area contributed by atoms with E-state index < -0.39 is 0 Å². The molecule has 0 aliphatic carbocycles.